The molecule has 0 aromatic heterocycles. The molecule has 0 unspecified atom stereocenters. The molecule has 0 spiro atoms. The van der Waals surface area contributed by atoms with Crippen LogP contribution in [0.5, 0.6) is 0 Å². The van der Waals surface area contributed by atoms with E-state index in [1.54, 1.807) is 0 Å². The highest BCUT2D eigenvalue weighted by Crippen LogP contribution is 1.93. The Morgan fingerprint density at radius 2 is 1.93 bits per heavy atom. The number of amides is 1. The molecule has 0 aliphatic heterocycles. The maximum atomic E-state index is 9.82. The minimum Gasteiger partial charge on any atom is -0.370 e. The molecule has 80 valence electrons. The van der Waals surface area contributed by atoms with Crippen LogP contribution in [0.2, 0.25) is 0 Å². The van der Waals surface area contributed by atoms with Gasteiger partial charge in [-0.3, -0.25) is 4.79 Å². The summed E-state index contributed by atoms with van der Waals surface area (Å²) in [5, 5.41) is 0. The lowest BCUT2D eigenvalue weighted by atomic mass is 10.2. The maximum Gasteiger partial charge on any atom is 0.217 e. The van der Waals surface area contributed by atoms with Crippen LogP contribution in [0, 0.1) is 12.0 Å². The van der Waals surface area contributed by atoms with Crippen LogP contribution in [0.15, 0.2) is 30.3 Å². The molecule has 0 saturated heterocycles. The highest BCUT2D eigenvalue weighted by molar-refractivity contribution is 5.73. The fraction of sp³-hybridized carbons (Fsp3) is 0.250. The van der Waals surface area contributed by atoms with Crippen molar-refractivity contribution in [3.8, 4) is 12.0 Å². The van der Waals surface area contributed by atoms with Crippen molar-refractivity contribution < 1.29 is 4.79 Å². The summed E-state index contributed by atoms with van der Waals surface area (Å²) in [7, 11) is 0. The largest absolute Gasteiger partial charge is 0.370 e. The number of rotatable bonds is 2. The summed E-state index contributed by atoms with van der Waals surface area (Å²) in [5.74, 6) is 2.52. The van der Waals surface area contributed by atoms with E-state index < -0.39 is 0 Å². The van der Waals surface area contributed by atoms with E-state index in [0.29, 0.717) is 6.42 Å². The molecular weight excluding hydrogens is 188 g/mol. The standard InChI is InChI=1S/C8H7N.C4H9NO/c9-7-6-8-4-2-1-3-5-8;1-2-3-4(5)6/h1-5H,9H2;2-3H2,1H3,(H2,5,6). The average molecular weight is 204 g/mol. The Morgan fingerprint density at radius 3 is 2.27 bits per heavy atom. The van der Waals surface area contributed by atoms with E-state index in [1.807, 2.05) is 37.3 Å². The summed E-state index contributed by atoms with van der Waals surface area (Å²) in [6.07, 6.45) is 1.37. The van der Waals surface area contributed by atoms with E-state index in [9.17, 15) is 4.79 Å². The lowest BCUT2D eigenvalue weighted by Gasteiger charge is -1.83. The van der Waals surface area contributed by atoms with E-state index in [1.165, 1.54) is 0 Å². The molecule has 0 atom stereocenters. The second-order valence-electron chi connectivity index (χ2n) is 2.85. The summed E-state index contributed by atoms with van der Waals surface area (Å²) >= 11 is 0. The van der Waals surface area contributed by atoms with Crippen LogP contribution >= 0.6 is 0 Å². The summed E-state index contributed by atoms with van der Waals surface area (Å²) in [6.45, 7) is 1.92. The Labute approximate surface area is 90.5 Å². The third-order valence-corrected chi connectivity index (χ3v) is 1.49. The average Bonchev–Trinajstić information content (AvgIpc) is 2.20. The molecule has 3 nitrogen and oxygen atoms in total. The third kappa shape index (κ3) is 8.38. The smallest absolute Gasteiger partial charge is 0.217 e. The number of carbonyl (C=O) groups excluding carboxylic acids is 1. The Bertz CT molecular complexity index is 336. The van der Waals surface area contributed by atoms with Crippen LogP contribution in [0.25, 0.3) is 0 Å². The van der Waals surface area contributed by atoms with Crippen LogP contribution < -0.4 is 11.5 Å². The number of carbonyl (C=O) groups is 1. The summed E-state index contributed by atoms with van der Waals surface area (Å²) in [5.41, 5.74) is 10.7. The molecule has 1 aromatic carbocycles. The quantitative estimate of drug-likeness (QED) is 0.562. The molecule has 0 aliphatic carbocycles. The molecule has 0 bridgehead atoms. The third-order valence-electron chi connectivity index (χ3n) is 1.49. The summed E-state index contributed by atoms with van der Waals surface area (Å²) < 4.78 is 0. The monoisotopic (exact) mass is 204 g/mol. The first-order valence-corrected chi connectivity index (χ1v) is 4.75. The molecule has 0 saturated carbocycles. The zero-order chi connectivity index (χ0) is 11.5. The minimum atomic E-state index is -0.211. The van der Waals surface area contributed by atoms with Gasteiger partial charge in [-0.1, -0.05) is 25.1 Å². The van der Waals surface area contributed by atoms with E-state index >= 15 is 0 Å². The second-order valence-corrected chi connectivity index (χ2v) is 2.85. The normalized spacial score (nSPS) is 7.80. The lowest BCUT2D eigenvalue weighted by Crippen LogP contribution is -2.08. The van der Waals surface area contributed by atoms with Gasteiger partial charge in [-0.05, 0) is 24.5 Å². The first-order valence-electron chi connectivity index (χ1n) is 4.75. The summed E-state index contributed by atoms with van der Waals surface area (Å²) in [4.78, 5) is 9.82. The van der Waals surface area contributed by atoms with Crippen molar-refractivity contribution in [1.82, 2.24) is 0 Å². The van der Waals surface area contributed by atoms with Gasteiger partial charge in [0, 0.05) is 18.0 Å². The Balaban J connectivity index is 0.000000288. The van der Waals surface area contributed by atoms with Gasteiger partial charge in [-0.15, -0.1) is 0 Å². The van der Waals surface area contributed by atoms with E-state index in [2.05, 4.69) is 12.0 Å². The van der Waals surface area contributed by atoms with Gasteiger partial charge in [0.25, 0.3) is 0 Å². The van der Waals surface area contributed by atoms with Crippen LogP contribution in [-0.4, -0.2) is 5.91 Å². The van der Waals surface area contributed by atoms with Gasteiger partial charge < -0.3 is 11.5 Å². The molecule has 15 heavy (non-hydrogen) atoms. The molecule has 0 fully saturated rings. The molecule has 0 radical (unpaired) electrons. The molecule has 1 aromatic rings. The van der Waals surface area contributed by atoms with Crippen molar-refractivity contribution in [1.29, 1.82) is 0 Å². The Hall–Kier alpha value is -1.95. The van der Waals surface area contributed by atoms with Crippen molar-refractivity contribution in [3.05, 3.63) is 35.9 Å². The molecule has 3 heteroatoms. The van der Waals surface area contributed by atoms with Crippen LogP contribution in [0.1, 0.15) is 25.3 Å². The predicted molar refractivity (Wildman–Crippen MR) is 61.6 cm³/mol. The van der Waals surface area contributed by atoms with Crippen molar-refractivity contribution >= 4 is 5.91 Å². The van der Waals surface area contributed by atoms with E-state index in [-0.39, 0.29) is 5.91 Å². The molecule has 0 aliphatic rings. The van der Waals surface area contributed by atoms with Gasteiger partial charge in [0.15, 0.2) is 0 Å². The van der Waals surface area contributed by atoms with Gasteiger partial charge >= 0.3 is 0 Å². The lowest BCUT2D eigenvalue weighted by molar-refractivity contribution is -0.118. The predicted octanol–water partition coefficient (Wildman–Crippen LogP) is 1.23. The Morgan fingerprint density at radius 1 is 1.33 bits per heavy atom. The highest BCUT2D eigenvalue weighted by atomic mass is 16.1. The minimum absolute atomic E-state index is 0.211. The van der Waals surface area contributed by atoms with Crippen LogP contribution in [0.4, 0.5) is 0 Å². The van der Waals surface area contributed by atoms with Gasteiger partial charge in [0.2, 0.25) is 5.91 Å². The summed E-state index contributed by atoms with van der Waals surface area (Å²) in [6, 6.07) is 12.0. The molecule has 0 heterocycles. The van der Waals surface area contributed by atoms with Crippen molar-refractivity contribution in [2.24, 2.45) is 11.5 Å². The fourth-order valence-corrected chi connectivity index (χ4v) is 0.851. The van der Waals surface area contributed by atoms with Crippen molar-refractivity contribution in [3.63, 3.8) is 0 Å². The highest BCUT2D eigenvalue weighted by Gasteiger charge is 1.84. The second kappa shape index (κ2) is 8.64. The fourth-order valence-electron chi connectivity index (χ4n) is 0.851. The SMILES string of the molecule is CCCC(N)=O.NC#Cc1ccccc1. The molecule has 1 amide bonds. The van der Waals surface area contributed by atoms with Crippen LogP contribution in [-0.2, 0) is 4.79 Å². The van der Waals surface area contributed by atoms with E-state index in [4.69, 9.17) is 11.5 Å². The first-order chi connectivity index (χ1) is 7.20. The topological polar surface area (TPSA) is 69.1 Å². The maximum absolute atomic E-state index is 9.82. The van der Waals surface area contributed by atoms with Gasteiger partial charge in [-0.25, -0.2) is 0 Å². The first kappa shape index (κ1) is 13.1. The molecule has 4 N–H and O–H groups in total. The number of primary amides is 1. The number of hydrogen-bond donors (Lipinski definition) is 2. The van der Waals surface area contributed by atoms with E-state index in [0.717, 1.165) is 12.0 Å². The van der Waals surface area contributed by atoms with Gasteiger partial charge in [0.05, 0.1) is 0 Å². The Kier molecular flexibility index (Phi) is 7.52. The van der Waals surface area contributed by atoms with Crippen LogP contribution in [0.3, 0.4) is 0 Å². The number of nitrogens with two attached hydrogens (primary N) is 2. The number of benzene rings is 1. The molecule has 1 rings (SSSR count). The zero-order valence-electron chi connectivity index (χ0n) is 8.86. The van der Waals surface area contributed by atoms with Crippen molar-refractivity contribution in [2.75, 3.05) is 0 Å². The van der Waals surface area contributed by atoms with Gasteiger partial charge in [-0.2, -0.15) is 0 Å². The number of hydrogen-bond acceptors (Lipinski definition) is 2. The molecular formula is C12H16N2O. The van der Waals surface area contributed by atoms with Gasteiger partial charge in [0.1, 0.15) is 0 Å². The van der Waals surface area contributed by atoms with Crippen molar-refractivity contribution in [2.45, 2.75) is 19.8 Å². The zero-order valence-corrected chi connectivity index (χ0v) is 8.86.